The lowest BCUT2D eigenvalue weighted by Crippen LogP contribution is -2.07. The molecular weight excluding hydrogens is 258 g/mol. The van der Waals surface area contributed by atoms with Crippen LogP contribution in [-0.2, 0) is 0 Å². The molecule has 0 aromatic carbocycles. The fourth-order valence-electron chi connectivity index (χ4n) is 1.16. The highest BCUT2D eigenvalue weighted by atomic mass is 79.9. The van der Waals surface area contributed by atoms with Gasteiger partial charge in [0.25, 0.3) is 0 Å². The monoisotopic (exact) mass is 267 g/mol. The summed E-state index contributed by atoms with van der Waals surface area (Å²) in [4.78, 5) is 17.4. The molecule has 0 aliphatic carbocycles. The quantitative estimate of drug-likeness (QED) is 0.669. The van der Waals surface area contributed by atoms with Crippen molar-refractivity contribution in [3.8, 4) is 0 Å². The predicted octanol–water partition coefficient (Wildman–Crippen LogP) is 1.94. The Bertz CT molecular complexity index is 502. The van der Waals surface area contributed by atoms with E-state index in [2.05, 4.69) is 35.9 Å². The van der Waals surface area contributed by atoms with Crippen LogP contribution in [-0.4, -0.2) is 40.3 Å². The lowest BCUT2D eigenvalue weighted by Gasteiger charge is -2.01. The third-order valence-corrected chi connectivity index (χ3v) is 2.41. The van der Waals surface area contributed by atoms with Crippen LogP contribution in [0.3, 0.4) is 0 Å². The Morgan fingerprint density at radius 2 is 2.27 bits per heavy atom. The van der Waals surface area contributed by atoms with Crippen LogP contribution in [0, 0.1) is 0 Å². The molecule has 0 saturated carbocycles. The van der Waals surface area contributed by atoms with Gasteiger partial charge in [0.05, 0.1) is 10.8 Å². The molecule has 0 bridgehead atoms. The van der Waals surface area contributed by atoms with Crippen molar-refractivity contribution in [1.29, 1.82) is 0 Å². The fourth-order valence-corrected chi connectivity index (χ4v) is 1.58. The molecule has 78 valence electrons. The summed E-state index contributed by atoms with van der Waals surface area (Å²) >= 11 is 3.40. The molecule has 0 amide bonds. The molecular formula is C9H10BrN5. The Balaban J connectivity index is 2.52. The van der Waals surface area contributed by atoms with Crippen LogP contribution in [0.15, 0.2) is 22.0 Å². The molecule has 0 fully saturated rings. The molecule has 2 heterocycles. The highest BCUT2D eigenvalue weighted by Crippen LogP contribution is 2.26. The van der Waals surface area contributed by atoms with E-state index in [0.717, 1.165) is 15.5 Å². The van der Waals surface area contributed by atoms with Gasteiger partial charge in [-0.05, 0) is 15.9 Å². The zero-order valence-corrected chi connectivity index (χ0v) is 9.98. The Kier molecular flexibility index (Phi) is 2.68. The molecule has 1 N–H and O–H groups in total. The maximum absolute atomic E-state index is 4.24. The van der Waals surface area contributed by atoms with Crippen LogP contribution in [0.4, 0.5) is 5.82 Å². The molecule has 2 rings (SSSR count). The number of aliphatic imine (C=N–C) groups is 1. The molecule has 15 heavy (non-hydrogen) atoms. The summed E-state index contributed by atoms with van der Waals surface area (Å²) in [6.45, 7) is 0. The minimum atomic E-state index is 0.638. The average Bonchev–Trinajstić information content (AvgIpc) is 2.58. The van der Waals surface area contributed by atoms with Crippen molar-refractivity contribution in [2.24, 2.45) is 4.99 Å². The number of nitrogens with zero attached hydrogens (tertiary/aromatic N) is 4. The van der Waals surface area contributed by atoms with E-state index in [9.17, 15) is 0 Å². The first-order valence-corrected chi connectivity index (χ1v) is 5.16. The third-order valence-electron chi connectivity index (χ3n) is 1.81. The second-order valence-electron chi connectivity index (χ2n) is 3.27. The lowest BCUT2D eigenvalue weighted by molar-refractivity contribution is 0.643. The van der Waals surface area contributed by atoms with Gasteiger partial charge in [-0.1, -0.05) is 0 Å². The van der Waals surface area contributed by atoms with Gasteiger partial charge in [0.15, 0.2) is 5.82 Å². The molecule has 0 radical (unpaired) electrons. The highest BCUT2D eigenvalue weighted by molar-refractivity contribution is 9.10. The second kappa shape index (κ2) is 3.98. The molecule has 5 nitrogen and oxygen atoms in total. The van der Waals surface area contributed by atoms with Gasteiger partial charge in [0.2, 0.25) is 0 Å². The summed E-state index contributed by atoms with van der Waals surface area (Å²) in [5.74, 6) is 0.638. The van der Waals surface area contributed by atoms with E-state index in [1.54, 1.807) is 6.34 Å². The Hall–Kier alpha value is -1.43. The Labute approximate surface area is 95.4 Å². The van der Waals surface area contributed by atoms with Crippen molar-refractivity contribution >= 4 is 39.1 Å². The van der Waals surface area contributed by atoms with Gasteiger partial charge in [-0.3, -0.25) is 0 Å². The normalized spacial score (nSPS) is 11.4. The summed E-state index contributed by atoms with van der Waals surface area (Å²) in [5.41, 5.74) is 1.68. The van der Waals surface area contributed by atoms with Gasteiger partial charge < -0.3 is 9.88 Å². The van der Waals surface area contributed by atoms with E-state index in [1.807, 2.05) is 25.2 Å². The second-order valence-corrected chi connectivity index (χ2v) is 4.12. The molecule has 0 aliphatic heterocycles. The van der Waals surface area contributed by atoms with E-state index in [-0.39, 0.29) is 0 Å². The number of aromatic nitrogens is 3. The molecule has 0 aliphatic rings. The van der Waals surface area contributed by atoms with Gasteiger partial charge in [0, 0.05) is 20.3 Å². The minimum absolute atomic E-state index is 0.638. The van der Waals surface area contributed by atoms with Crippen molar-refractivity contribution in [2.75, 3.05) is 14.1 Å². The molecule has 0 spiro atoms. The Morgan fingerprint density at radius 3 is 3.00 bits per heavy atom. The number of rotatable bonds is 2. The molecule has 0 atom stereocenters. The van der Waals surface area contributed by atoms with Crippen LogP contribution in [0.2, 0.25) is 0 Å². The van der Waals surface area contributed by atoms with Gasteiger partial charge in [-0.2, -0.15) is 0 Å². The van der Waals surface area contributed by atoms with Crippen LogP contribution in [0.5, 0.6) is 0 Å². The number of aromatic amines is 1. The SMILES string of the molecule is CN(C)/C=N\c1ncnc2c(Br)c[nH]c12. The zero-order chi connectivity index (χ0) is 10.8. The third kappa shape index (κ3) is 1.99. The summed E-state index contributed by atoms with van der Waals surface area (Å²) in [7, 11) is 3.82. The number of hydrogen-bond acceptors (Lipinski definition) is 3. The van der Waals surface area contributed by atoms with E-state index < -0.39 is 0 Å². The number of hydrogen-bond donors (Lipinski definition) is 1. The van der Waals surface area contributed by atoms with Crippen molar-refractivity contribution in [1.82, 2.24) is 19.9 Å². The molecule has 0 saturated heterocycles. The maximum atomic E-state index is 4.24. The zero-order valence-electron chi connectivity index (χ0n) is 8.40. The van der Waals surface area contributed by atoms with Gasteiger partial charge >= 0.3 is 0 Å². The first-order valence-electron chi connectivity index (χ1n) is 4.36. The summed E-state index contributed by atoms with van der Waals surface area (Å²) in [5, 5.41) is 0. The Morgan fingerprint density at radius 1 is 1.47 bits per heavy atom. The smallest absolute Gasteiger partial charge is 0.181 e. The highest BCUT2D eigenvalue weighted by Gasteiger charge is 2.06. The molecule has 2 aromatic heterocycles. The first kappa shape index (κ1) is 10.1. The van der Waals surface area contributed by atoms with Crippen LogP contribution in [0.1, 0.15) is 0 Å². The first-order chi connectivity index (χ1) is 7.18. The predicted molar refractivity (Wildman–Crippen MR) is 63.4 cm³/mol. The molecule has 6 heteroatoms. The summed E-state index contributed by atoms with van der Waals surface area (Å²) < 4.78 is 0.918. The number of halogens is 1. The van der Waals surface area contributed by atoms with Crippen LogP contribution < -0.4 is 0 Å². The fraction of sp³-hybridized carbons (Fsp3) is 0.222. The van der Waals surface area contributed by atoms with Crippen molar-refractivity contribution < 1.29 is 0 Å². The van der Waals surface area contributed by atoms with E-state index in [1.165, 1.54) is 6.33 Å². The lowest BCUT2D eigenvalue weighted by atomic mass is 10.4. The summed E-state index contributed by atoms with van der Waals surface area (Å²) in [6, 6.07) is 0. The van der Waals surface area contributed by atoms with Crippen LogP contribution in [0.25, 0.3) is 11.0 Å². The van der Waals surface area contributed by atoms with Crippen molar-refractivity contribution in [3.63, 3.8) is 0 Å². The van der Waals surface area contributed by atoms with Crippen LogP contribution >= 0.6 is 15.9 Å². The molecule has 0 unspecified atom stereocenters. The van der Waals surface area contributed by atoms with Crippen molar-refractivity contribution in [3.05, 3.63) is 17.0 Å². The van der Waals surface area contributed by atoms with E-state index in [4.69, 9.17) is 0 Å². The number of H-pyrrole nitrogens is 1. The topological polar surface area (TPSA) is 57.2 Å². The van der Waals surface area contributed by atoms with E-state index in [0.29, 0.717) is 5.82 Å². The number of nitrogens with one attached hydrogen (secondary N) is 1. The van der Waals surface area contributed by atoms with Gasteiger partial charge in [-0.25, -0.2) is 15.0 Å². The largest absolute Gasteiger partial charge is 0.369 e. The van der Waals surface area contributed by atoms with Gasteiger partial charge in [0.1, 0.15) is 17.4 Å². The minimum Gasteiger partial charge on any atom is -0.369 e. The van der Waals surface area contributed by atoms with Gasteiger partial charge in [-0.15, -0.1) is 0 Å². The number of fused-ring (bicyclic) bond motifs is 1. The molecule has 2 aromatic rings. The standard InChI is InChI=1S/C9H10BrN5/c1-15(2)5-14-9-8-7(12-4-13-9)6(10)3-11-8/h3-5,11H,1-2H3/b14-5-. The van der Waals surface area contributed by atoms with E-state index >= 15 is 0 Å². The average molecular weight is 268 g/mol. The summed E-state index contributed by atoms with van der Waals surface area (Å²) in [6.07, 6.45) is 5.04. The van der Waals surface area contributed by atoms with Crippen molar-refractivity contribution in [2.45, 2.75) is 0 Å². The maximum Gasteiger partial charge on any atom is 0.181 e.